The first-order chi connectivity index (χ1) is 13.1. The molecule has 30 heavy (non-hydrogen) atoms. The fraction of sp³-hybridized carbons (Fsp3) is 0.318. The standard InChI is InChI=1S/C22H20N2O3.3Na/c1-3-12-14-7-5-6-8-18(14)23-20-16(12)10-24-19(20)9-15-13(4-2)22(26)27-11-17(15)21(24)25;;;/h5-9,13H,3-4,10-11H2,1-2H3;;;/t13-;;;/m0.../s1. The minimum absolute atomic E-state index is 0. The predicted octanol–water partition coefficient (Wildman–Crippen LogP) is 2.40. The van der Waals surface area contributed by atoms with Gasteiger partial charge < -0.3 is 9.30 Å². The van der Waals surface area contributed by atoms with Crippen molar-refractivity contribution in [2.45, 2.75) is 45.8 Å². The molecular formula is C22H20N2Na3O3. The summed E-state index contributed by atoms with van der Waals surface area (Å²) >= 11 is 0. The monoisotopic (exact) mass is 429 g/mol. The van der Waals surface area contributed by atoms with Crippen LogP contribution in [0.25, 0.3) is 22.3 Å². The SMILES string of the molecule is CCc1c2c(nc3ccccc13)-c1cc3c(c(=O)n1C2)COC(=O)[C@H]3CC.[Na].[Na].[Na]. The summed E-state index contributed by atoms with van der Waals surface area (Å²) in [5, 5.41) is 1.15. The summed E-state index contributed by atoms with van der Waals surface area (Å²) in [5.41, 5.74) is 6.37. The molecule has 3 aromatic rings. The summed E-state index contributed by atoms with van der Waals surface area (Å²) in [5.74, 6) is -0.615. The quantitative estimate of drug-likeness (QED) is 0.363. The third-order valence-corrected chi connectivity index (χ3v) is 5.89. The number of nitrogens with zero attached hydrogens (tertiary/aromatic N) is 2. The van der Waals surface area contributed by atoms with E-state index in [1.54, 1.807) is 4.57 Å². The third kappa shape index (κ3) is 3.95. The number of fused-ring (bicyclic) bond motifs is 5. The van der Waals surface area contributed by atoms with Crippen molar-refractivity contribution in [1.82, 2.24) is 9.55 Å². The molecule has 1 aromatic carbocycles. The molecule has 0 N–H and O–H groups in total. The van der Waals surface area contributed by atoms with E-state index >= 15 is 0 Å². The zero-order valence-electron chi connectivity index (χ0n) is 18.4. The van der Waals surface area contributed by atoms with E-state index < -0.39 is 0 Å². The molecular weight excluding hydrogens is 409 g/mol. The van der Waals surface area contributed by atoms with Crippen LogP contribution >= 0.6 is 0 Å². The number of esters is 1. The van der Waals surface area contributed by atoms with Gasteiger partial charge in [0.25, 0.3) is 5.56 Å². The molecule has 2 aromatic heterocycles. The van der Waals surface area contributed by atoms with Crippen molar-refractivity contribution in [1.29, 1.82) is 0 Å². The predicted molar refractivity (Wildman–Crippen MR) is 120 cm³/mol. The normalized spacial score (nSPS) is 15.7. The maximum absolute atomic E-state index is 13.2. The van der Waals surface area contributed by atoms with Crippen LogP contribution in [0.5, 0.6) is 0 Å². The molecule has 0 fully saturated rings. The first-order valence-electron chi connectivity index (χ1n) is 9.48. The number of cyclic esters (lactones) is 1. The minimum Gasteiger partial charge on any atom is -0.460 e. The van der Waals surface area contributed by atoms with Crippen molar-refractivity contribution < 1.29 is 9.53 Å². The molecule has 0 saturated carbocycles. The van der Waals surface area contributed by atoms with Crippen molar-refractivity contribution in [3.8, 4) is 11.4 Å². The Morgan fingerprint density at radius 1 is 1.10 bits per heavy atom. The summed E-state index contributed by atoms with van der Waals surface area (Å²) < 4.78 is 7.06. The van der Waals surface area contributed by atoms with E-state index in [0.717, 1.165) is 39.8 Å². The van der Waals surface area contributed by atoms with Crippen LogP contribution in [0.1, 0.15) is 48.4 Å². The number of ether oxygens (including phenoxy) is 1. The number of benzene rings is 1. The van der Waals surface area contributed by atoms with Crippen molar-refractivity contribution in [2.24, 2.45) is 0 Å². The second kappa shape index (κ2) is 10.3. The Bertz CT molecular complexity index is 1190. The van der Waals surface area contributed by atoms with Gasteiger partial charge in [0.05, 0.1) is 34.9 Å². The second-order valence-electron chi connectivity index (χ2n) is 7.21. The summed E-state index contributed by atoms with van der Waals surface area (Å²) in [4.78, 5) is 30.2. The summed E-state index contributed by atoms with van der Waals surface area (Å²) in [7, 11) is 0. The summed E-state index contributed by atoms with van der Waals surface area (Å²) in [6.45, 7) is 4.68. The van der Waals surface area contributed by atoms with Crippen LogP contribution < -0.4 is 5.56 Å². The Labute approximate surface area is 241 Å². The Hall–Kier alpha value is 0.0500. The van der Waals surface area contributed by atoms with E-state index in [9.17, 15) is 9.59 Å². The largest absolute Gasteiger partial charge is 0.460 e. The molecule has 139 valence electrons. The van der Waals surface area contributed by atoms with Crippen molar-refractivity contribution in [3.05, 3.63) is 62.9 Å². The number of aryl methyl sites for hydroxylation is 1. The van der Waals surface area contributed by atoms with Gasteiger partial charge in [-0.05, 0) is 36.1 Å². The molecule has 5 rings (SSSR count). The van der Waals surface area contributed by atoms with Gasteiger partial charge in [-0.3, -0.25) is 9.59 Å². The Kier molecular flexibility index (Phi) is 9.05. The number of carbonyl (C=O) groups is 1. The molecule has 3 radical (unpaired) electrons. The van der Waals surface area contributed by atoms with Crippen LogP contribution in [0.2, 0.25) is 0 Å². The smallest absolute Gasteiger partial charge is 0.313 e. The first kappa shape index (κ1) is 26.3. The average molecular weight is 429 g/mol. The summed E-state index contributed by atoms with van der Waals surface area (Å²) in [6.07, 6.45) is 1.50. The van der Waals surface area contributed by atoms with Crippen molar-refractivity contribution in [3.63, 3.8) is 0 Å². The van der Waals surface area contributed by atoms with E-state index in [-0.39, 0.29) is 113 Å². The van der Waals surface area contributed by atoms with Crippen molar-refractivity contribution in [2.75, 3.05) is 0 Å². The minimum atomic E-state index is -0.373. The molecule has 0 aliphatic carbocycles. The van der Waals surface area contributed by atoms with E-state index in [1.807, 2.05) is 31.2 Å². The molecule has 5 nitrogen and oxygen atoms in total. The van der Waals surface area contributed by atoms with Gasteiger partial charge in [-0.1, -0.05) is 32.0 Å². The topological polar surface area (TPSA) is 61.2 Å². The maximum Gasteiger partial charge on any atom is 0.313 e. The van der Waals surface area contributed by atoms with Gasteiger partial charge >= 0.3 is 5.97 Å². The summed E-state index contributed by atoms with van der Waals surface area (Å²) in [6, 6.07) is 10.1. The van der Waals surface area contributed by atoms with Gasteiger partial charge in [0.1, 0.15) is 6.61 Å². The number of aromatic nitrogens is 2. The van der Waals surface area contributed by atoms with Gasteiger partial charge in [0.15, 0.2) is 0 Å². The van der Waals surface area contributed by atoms with Gasteiger partial charge in [-0.15, -0.1) is 0 Å². The van der Waals surface area contributed by atoms with Gasteiger partial charge in [0, 0.05) is 99.6 Å². The number of rotatable bonds is 2. The van der Waals surface area contributed by atoms with Crippen LogP contribution in [-0.4, -0.2) is 104 Å². The molecule has 0 unspecified atom stereocenters. The van der Waals surface area contributed by atoms with Crippen LogP contribution in [0.15, 0.2) is 35.1 Å². The Morgan fingerprint density at radius 3 is 2.53 bits per heavy atom. The molecule has 2 aliphatic rings. The van der Waals surface area contributed by atoms with Gasteiger partial charge in [-0.25, -0.2) is 4.98 Å². The fourth-order valence-corrected chi connectivity index (χ4v) is 4.54. The van der Waals surface area contributed by atoms with Gasteiger partial charge in [0.2, 0.25) is 0 Å². The third-order valence-electron chi connectivity index (χ3n) is 5.89. The number of hydrogen-bond donors (Lipinski definition) is 0. The van der Waals surface area contributed by atoms with Crippen LogP contribution in [0, 0.1) is 0 Å². The van der Waals surface area contributed by atoms with E-state index in [1.165, 1.54) is 5.56 Å². The van der Waals surface area contributed by atoms with Crippen molar-refractivity contribution >= 4 is 106 Å². The average Bonchev–Trinajstić information content (AvgIpc) is 3.05. The van der Waals surface area contributed by atoms with E-state index in [2.05, 4.69) is 13.0 Å². The number of para-hydroxylation sites is 1. The number of carbonyl (C=O) groups excluding carboxylic acids is 1. The van der Waals surface area contributed by atoms with Crippen LogP contribution in [0.3, 0.4) is 0 Å². The molecule has 0 bridgehead atoms. The molecule has 0 amide bonds. The molecule has 1 atom stereocenters. The Balaban J connectivity index is 0.00000107. The zero-order chi connectivity index (χ0) is 18.7. The molecule has 4 heterocycles. The maximum atomic E-state index is 13.2. The fourth-order valence-electron chi connectivity index (χ4n) is 4.54. The number of pyridine rings is 2. The van der Waals surface area contributed by atoms with E-state index in [4.69, 9.17) is 9.72 Å². The van der Waals surface area contributed by atoms with Gasteiger partial charge in [-0.2, -0.15) is 0 Å². The van der Waals surface area contributed by atoms with E-state index in [0.29, 0.717) is 18.5 Å². The molecule has 0 saturated heterocycles. The molecule has 8 heteroatoms. The Morgan fingerprint density at radius 2 is 1.83 bits per heavy atom. The molecule has 0 spiro atoms. The first-order valence-corrected chi connectivity index (χ1v) is 9.48. The molecule has 2 aliphatic heterocycles. The van der Waals surface area contributed by atoms with Crippen LogP contribution in [0.4, 0.5) is 0 Å². The van der Waals surface area contributed by atoms with Crippen LogP contribution in [-0.2, 0) is 29.1 Å². The second-order valence-corrected chi connectivity index (χ2v) is 7.21. The zero-order valence-corrected chi connectivity index (χ0v) is 24.4. The number of hydrogen-bond acceptors (Lipinski definition) is 4.